The van der Waals surface area contributed by atoms with Crippen molar-refractivity contribution in [1.29, 1.82) is 0 Å². The van der Waals surface area contributed by atoms with Gasteiger partial charge >= 0.3 is 0 Å². The van der Waals surface area contributed by atoms with Gasteiger partial charge in [0.2, 0.25) is 0 Å². The first-order valence-corrected chi connectivity index (χ1v) is 5.17. The van der Waals surface area contributed by atoms with E-state index in [4.69, 9.17) is 16.3 Å². The van der Waals surface area contributed by atoms with Crippen LogP contribution in [0, 0.1) is 0 Å². The van der Waals surface area contributed by atoms with E-state index in [0.29, 0.717) is 17.3 Å². The Kier molecular flexibility index (Phi) is 2.84. The Balaban J connectivity index is 2.57. The summed E-state index contributed by atoms with van der Waals surface area (Å²) in [7, 11) is 0. The van der Waals surface area contributed by atoms with Gasteiger partial charge in [0.15, 0.2) is 0 Å². The molecule has 0 radical (unpaired) electrons. The highest BCUT2D eigenvalue weighted by Crippen LogP contribution is 2.29. The van der Waals surface area contributed by atoms with Crippen molar-refractivity contribution in [2.24, 2.45) is 0 Å². The molecule has 15 heavy (non-hydrogen) atoms. The van der Waals surface area contributed by atoms with Crippen molar-refractivity contribution in [3.05, 3.63) is 28.9 Å². The van der Waals surface area contributed by atoms with Crippen molar-refractivity contribution in [1.82, 2.24) is 4.98 Å². The number of rotatable bonds is 3. The second-order valence-corrected chi connectivity index (χ2v) is 3.59. The molecule has 0 spiro atoms. The molecule has 2 rings (SSSR count). The lowest BCUT2D eigenvalue weighted by Gasteiger charge is -2.02. The number of aliphatic hydroxyl groups excluding tert-OH is 1. The van der Waals surface area contributed by atoms with Gasteiger partial charge in [0.05, 0.1) is 13.2 Å². The van der Waals surface area contributed by atoms with Gasteiger partial charge in [0.25, 0.3) is 0 Å². The van der Waals surface area contributed by atoms with Crippen LogP contribution in [0.3, 0.4) is 0 Å². The van der Waals surface area contributed by atoms with Gasteiger partial charge in [-0.3, -0.25) is 0 Å². The fourth-order valence-electron chi connectivity index (χ4n) is 1.60. The molecule has 80 valence electrons. The maximum atomic E-state index is 9.18. The van der Waals surface area contributed by atoms with Gasteiger partial charge in [-0.2, -0.15) is 0 Å². The number of halogens is 1. The van der Waals surface area contributed by atoms with Crippen molar-refractivity contribution < 1.29 is 9.84 Å². The zero-order valence-electron chi connectivity index (χ0n) is 8.38. The van der Waals surface area contributed by atoms with E-state index in [9.17, 15) is 5.11 Å². The maximum absolute atomic E-state index is 9.18. The minimum Gasteiger partial charge on any atom is -0.494 e. The molecular formula is C11H12ClNO2. The van der Waals surface area contributed by atoms with Crippen molar-refractivity contribution in [2.45, 2.75) is 13.5 Å². The summed E-state index contributed by atoms with van der Waals surface area (Å²) in [5.41, 5.74) is 1.63. The maximum Gasteiger partial charge on any atom is 0.120 e. The lowest BCUT2D eigenvalue weighted by atomic mass is 10.2. The van der Waals surface area contributed by atoms with Crippen LogP contribution in [0.2, 0.25) is 5.15 Å². The molecule has 0 aliphatic carbocycles. The van der Waals surface area contributed by atoms with Crippen LogP contribution in [0.5, 0.6) is 5.75 Å². The molecule has 0 bridgehead atoms. The van der Waals surface area contributed by atoms with Crippen LogP contribution in [0.4, 0.5) is 0 Å². The first-order valence-electron chi connectivity index (χ1n) is 4.80. The summed E-state index contributed by atoms with van der Waals surface area (Å²) < 4.78 is 5.38. The molecule has 0 aliphatic rings. The topological polar surface area (TPSA) is 45.2 Å². The fourth-order valence-corrected chi connectivity index (χ4v) is 1.87. The predicted molar refractivity (Wildman–Crippen MR) is 60.4 cm³/mol. The summed E-state index contributed by atoms with van der Waals surface area (Å²) in [4.78, 5) is 3.00. The molecule has 2 aromatic rings. The van der Waals surface area contributed by atoms with Gasteiger partial charge in [-0.15, -0.1) is 0 Å². The smallest absolute Gasteiger partial charge is 0.120 e. The van der Waals surface area contributed by atoms with Crippen LogP contribution in [-0.2, 0) is 6.61 Å². The summed E-state index contributed by atoms with van der Waals surface area (Å²) in [6.45, 7) is 2.48. The van der Waals surface area contributed by atoms with E-state index < -0.39 is 0 Å². The Morgan fingerprint density at radius 1 is 1.47 bits per heavy atom. The van der Waals surface area contributed by atoms with Crippen LogP contribution in [-0.4, -0.2) is 16.7 Å². The Morgan fingerprint density at radius 3 is 2.93 bits per heavy atom. The van der Waals surface area contributed by atoms with Crippen molar-refractivity contribution in [3.63, 3.8) is 0 Å². The number of fused-ring (bicyclic) bond motifs is 1. The fraction of sp³-hybridized carbons (Fsp3) is 0.273. The summed E-state index contributed by atoms with van der Waals surface area (Å²) in [5, 5.41) is 10.6. The minimum absolute atomic E-state index is 0.0750. The first kappa shape index (κ1) is 10.3. The Hall–Kier alpha value is -1.19. The van der Waals surface area contributed by atoms with Gasteiger partial charge in [0.1, 0.15) is 10.9 Å². The molecule has 0 atom stereocenters. The van der Waals surface area contributed by atoms with E-state index in [-0.39, 0.29) is 6.61 Å². The SMILES string of the molecule is CCOc1ccc2[nH]c(Cl)c(CO)c2c1. The lowest BCUT2D eigenvalue weighted by Crippen LogP contribution is -1.90. The standard InChI is InChI=1S/C11H12ClNO2/c1-2-15-7-3-4-10-8(5-7)9(6-14)11(12)13-10/h3-5,13-14H,2,6H2,1H3. The zero-order chi connectivity index (χ0) is 10.8. The minimum atomic E-state index is -0.0750. The van der Waals surface area contributed by atoms with Crippen LogP contribution in [0.1, 0.15) is 12.5 Å². The second kappa shape index (κ2) is 4.13. The molecule has 1 heterocycles. The molecule has 0 saturated heterocycles. The molecule has 0 unspecified atom stereocenters. The van der Waals surface area contributed by atoms with Crippen molar-refractivity contribution in [3.8, 4) is 5.75 Å². The normalized spacial score (nSPS) is 10.9. The van der Waals surface area contributed by atoms with Gasteiger partial charge in [0, 0.05) is 16.5 Å². The zero-order valence-corrected chi connectivity index (χ0v) is 9.14. The molecule has 1 aromatic heterocycles. The largest absolute Gasteiger partial charge is 0.494 e. The van der Waals surface area contributed by atoms with Crippen LogP contribution < -0.4 is 4.74 Å². The average Bonchev–Trinajstić information content (AvgIpc) is 2.53. The monoisotopic (exact) mass is 225 g/mol. The highest BCUT2D eigenvalue weighted by Gasteiger charge is 2.09. The van der Waals surface area contributed by atoms with E-state index in [1.807, 2.05) is 25.1 Å². The lowest BCUT2D eigenvalue weighted by molar-refractivity contribution is 0.283. The van der Waals surface area contributed by atoms with Crippen LogP contribution in [0.15, 0.2) is 18.2 Å². The number of hydrogen-bond acceptors (Lipinski definition) is 2. The molecule has 0 amide bonds. The van der Waals surface area contributed by atoms with Gasteiger partial charge in [-0.1, -0.05) is 11.6 Å². The number of aromatic nitrogens is 1. The third-order valence-corrected chi connectivity index (χ3v) is 2.62. The van der Waals surface area contributed by atoms with Gasteiger partial charge < -0.3 is 14.8 Å². The first-order chi connectivity index (χ1) is 7.26. The number of benzene rings is 1. The van der Waals surface area contributed by atoms with Gasteiger partial charge in [-0.25, -0.2) is 0 Å². The predicted octanol–water partition coefficient (Wildman–Crippen LogP) is 2.71. The van der Waals surface area contributed by atoms with E-state index in [0.717, 1.165) is 16.7 Å². The molecule has 2 N–H and O–H groups in total. The number of aromatic amines is 1. The molecule has 0 fully saturated rings. The number of hydrogen-bond donors (Lipinski definition) is 2. The van der Waals surface area contributed by atoms with Crippen molar-refractivity contribution in [2.75, 3.05) is 6.61 Å². The van der Waals surface area contributed by atoms with E-state index in [2.05, 4.69) is 4.98 Å². The quantitative estimate of drug-likeness (QED) is 0.844. The molecule has 0 saturated carbocycles. The second-order valence-electron chi connectivity index (χ2n) is 3.22. The Bertz CT molecular complexity index is 479. The summed E-state index contributed by atoms with van der Waals surface area (Å²) in [6.07, 6.45) is 0. The number of aliphatic hydroxyl groups is 1. The summed E-state index contributed by atoms with van der Waals surface area (Å²) >= 11 is 5.94. The Morgan fingerprint density at radius 2 is 2.27 bits per heavy atom. The highest BCUT2D eigenvalue weighted by molar-refractivity contribution is 6.31. The summed E-state index contributed by atoms with van der Waals surface area (Å²) in [5.74, 6) is 0.787. The molecule has 1 aromatic carbocycles. The van der Waals surface area contributed by atoms with Crippen molar-refractivity contribution >= 4 is 22.5 Å². The molecule has 4 heteroatoms. The summed E-state index contributed by atoms with van der Waals surface area (Å²) in [6, 6.07) is 5.65. The van der Waals surface area contributed by atoms with E-state index >= 15 is 0 Å². The molecule has 3 nitrogen and oxygen atoms in total. The number of H-pyrrole nitrogens is 1. The van der Waals surface area contributed by atoms with Gasteiger partial charge in [-0.05, 0) is 25.1 Å². The van der Waals surface area contributed by atoms with Crippen LogP contribution in [0.25, 0.3) is 10.9 Å². The average molecular weight is 226 g/mol. The molecular weight excluding hydrogens is 214 g/mol. The van der Waals surface area contributed by atoms with E-state index in [1.54, 1.807) is 0 Å². The highest BCUT2D eigenvalue weighted by atomic mass is 35.5. The third-order valence-electron chi connectivity index (χ3n) is 2.29. The van der Waals surface area contributed by atoms with Crippen LogP contribution >= 0.6 is 11.6 Å². The number of ether oxygens (including phenoxy) is 1. The third kappa shape index (κ3) is 1.80. The number of nitrogens with one attached hydrogen (secondary N) is 1. The molecule has 0 aliphatic heterocycles. The Labute approximate surface area is 92.6 Å². The van der Waals surface area contributed by atoms with E-state index in [1.165, 1.54) is 0 Å².